The first kappa shape index (κ1) is 47.5. The van der Waals surface area contributed by atoms with Crippen LogP contribution in [0, 0.1) is 0 Å². The van der Waals surface area contributed by atoms with Gasteiger partial charge in [0.2, 0.25) is 0 Å². The highest BCUT2D eigenvalue weighted by Gasteiger charge is 2.11. The van der Waals surface area contributed by atoms with Crippen LogP contribution in [0.5, 0.6) is 0 Å². The number of nitrogens with zero attached hydrogens (tertiary/aromatic N) is 2. The number of hydrogen-bond acceptors (Lipinski definition) is 4. The number of nitrogens with one attached hydrogen (secondary N) is 2. The van der Waals surface area contributed by atoms with Crippen LogP contribution < -0.4 is 10.6 Å². The number of carbonyl (C=O) groups excluding carboxylic acids is 2. The van der Waals surface area contributed by atoms with Gasteiger partial charge in [-0.25, -0.2) is 0 Å². The summed E-state index contributed by atoms with van der Waals surface area (Å²) in [6, 6.07) is 15.6. The number of carbonyl (C=O) groups is 2. The molecule has 2 aromatic rings. The quantitative estimate of drug-likeness (QED) is 0.0689. The summed E-state index contributed by atoms with van der Waals surface area (Å²) in [5, 5.41) is 6.29. The van der Waals surface area contributed by atoms with E-state index in [4.69, 9.17) is 0 Å². The van der Waals surface area contributed by atoms with Gasteiger partial charge in [-0.15, -0.1) is 0 Å². The summed E-state index contributed by atoms with van der Waals surface area (Å²) in [7, 11) is 0. The average Bonchev–Trinajstić information content (AvgIpc) is 3.20. The van der Waals surface area contributed by atoms with Crippen LogP contribution in [0.1, 0.15) is 190 Å². The first-order valence-electron chi connectivity index (χ1n) is 22.7. The molecular formula is C48H82N4O2. The fourth-order valence-corrected chi connectivity index (χ4v) is 7.27. The second-order valence-corrected chi connectivity index (χ2v) is 15.7. The Hall–Kier alpha value is -2.70. The van der Waals surface area contributed by atoms with E-state index in [1.807, 2.05) is 48.5 Å². The Kier molecular flexibility index (Phi) is 28.6. The minimum Gasteiger partial charge on any atom is -0.352 e. The maximum Gasteiger partial charge on any atom is 0.251 e. The average molecular weight is 747 g/mol. The highest BCUT2D eigenvalue weighted by Crippen LogP contribution is 2.21. The molecule has 2 rings (SSSR count). The van der Waals surface area contributed by atoms with Crippen LogP contribution >= 0.6 is 0 Å². The molecule has 6 heteroatoms. The summed E-state index contributed by atoms with van der Waals surface area (Å²) in [6.07, 6.45) is 28.3. The molecule has 0 aliphatic carbocycles. The Balaban J connectivity index is 1.75. The molecule has 0 saturated carbocycles. The smallest absolute Gasteiger partial charge is 0.251 e. The monoisotopic (exact) mass is 747 g/mol. The van der Waals surface area contributed by atoms with E-state index in [0.29, 0.717) is 24.2 Å². The van der Waals surface area contributed by atoms with Crippen LogP contribution in [-0.4, -0.2) is 74.0 Å². The lowest BCUT2D eigenvalue weighted by atomic mass is 10.0. The number of hydrogen-bond donors (Lipinski definition) is 2. The van der Waals surface area contributed by atoms with Crippen molar-refractivity contribution in [1.82, 2.24) is 20.4 Å². The van der Waals surface area contributed by atoms with E-state index in [9.17, 15) is 9.59 Å². The summed E-state index contributed by atoms with van der Waals surface area (Å²) < 4.78 is 0. The van der Waals surface area contributed by atoms with Crippen molar-refractivity contribution in [3.8, 4) is 11.1 Å². The van der Waals surface area contributed by atoms with Crippen molar-refractivity contribution in [2.45, 2.75) is 169 Å². The second-order valence-electron chi connectivity index (χ2n) is 15.7. The molecule has 0 fully saturated rings. The number of unbranched alkanes of at least 4 members (excludes halogenated alkanes) is 16. The van der Waals surface area contributed by atoms with Crippen molar-refractivity contribution in [1.29, 1.82) is 0 Å². The van der Waals surface area contributed by atoms with Gasteiger partial charge >= 0.3 is 0 Å². The molecule has 0 aliphatic rings. The normalized spacial score (nSPS) is 11.4. The molecule has 2 aromatic carbocycles. The van der Waals surface area contributed by atoms with Crippen molar-refractivity contribution in [3.63, 3.8) is 0 Å². The Morgan fingerprint density at radius 2 is 0.630 bits per heavy atom. The molecule has 0 bridgehead atoms. The van der Waals surface area contributed by atoms with Gasteiger partial charge in [0.05, 0.1) is 0 Å². The minimum atomic E-state index is -0.0130. The summed E-state index contributed by atoms with van der Waals surface area (Å²) in [4.78, 5) is 31.1. The van der Waals surface area contributed by atoms with Crippen molar-refractivity contribution in [3.05, 3.63) is 59.7 Å². The molecule has 306 valence electrons. The van der Waals surface area contributed by atoms with Gasteiger partial charge in [0.1, 0.15) is 0 Å². The van der Waals surface area contributed by atoms with Gasteiger partial charge in [0, 0.05) is 24.2 Å². The summed E-state index contributed by atoms with van der Waals surface area (Å²) >= 11 is 0. The first-order valence-corrected chi connectivity index (χ1v) is 22.7. The summed E-state index contributed by atoms with van der Waals surface area (Å²) in [5.74, 6) is -0.0259. The van der Waals surface area contributed by atoms with Gasteiger partial charge in [-0.1, -0.05) is 155 Å². The SMILES string of the molecule is CCCCCCCCN(CCCCCC)CCCNC(=O)c1ccc(-c2ccc(C(=O)NCCCN(CCCCCC)CCCCCCCC)cc2)cc1. The zero-order valence-corrected chi connectivity index (χ0v) is 35.5. The van der Waals surface area contributed by atoms with E-state index in [-0.39, 0.29) is 11.8 Å². The highest BCUT2D eigenvalue weighted by molar-refractivity contribution is 5.95. The Morgan fingerprint density at radius 1 is 0.370 bits per heavy atom. The van der Waals surface area contributed by atoms with E-state index in [1.165, 1.54) is 155 Å². The minimum absolute atomic E-state index is 0.0130. The van der Waals surface area contributed by atoms with Gasteiger partial charge in [0.15, 0.2) is 0 Å². The topological polar surface area (TPSA) is 64.7 Å². The molecule has 0 radical (unpaired) electrons. The fraction of sp³-hybridized carbons (Fsp3) is 0.708. The molecule has 0 saturated heterocycles. The standard InChI is InChI=1S/C48H82N4O2/c1-5-9-13-17-19-23-39-51(37-21-15-11-7-3)41-25-35-49-47(53)45-31-27-43(28-32-45)44-29-33-46(34-30-44)48(54)50-36-26-42-52(38-22-16-12-8-4)40-24-20-18-14-10-6-2/h27-34H,5-26,35-42H2,1-4H3,(H,49,53)(H,50,54). The predicted octanol–water partition coefficient (Wildman–Crippen LogP) is 12.1. The van der Waals surface area contributed by atoms with Crippen molar-refractivity contribution in [2.75, 3.05) is 52.4 Å². The van der Waals surface area contributed by atoms with E-state index in [0.717, 1.165) is 37.1 Å². The zero-order valence-electron chi connectivity index (χ0n) is 35.5. The van der Waals surface area contributed by atoms with Crippen molar-refractivity contribution < 1.29 is 9.59 Å². The van der Waals surface area contributed by atoms with Crippen molar-refractivity contribution in [2.24, 2.45) is 0 Å². The Labute approximate surface area is 333 Å². The van der Waals surface area contributed by atoms with Crippen LogP contribution in [0.15, 0.2) is 48.5 Å². The number of benzene rings is 2. The van der Waals surface area contributed by atoms with Gasteiger partial charge in [-0.2, -0.15) is 0 Å². The maximum atomic E-state index is 12.9. The van der Waals surface area contributed by atoms with Crippen LogP contribution in [0.25, 0.3) is 11.1 Å². The van der Waals surface area contributed by atoms with E-state index >= 15 is 0 Å². The zero-order chi connectivity index (χ0) is 38.9. The predicted molar refractivity (Wildman–Crippen MR) is 234 cm³/mol. The molecule has 54 heavy (non-hydrogen) atoms. The van der Waals surface area contributed by atoms with E-state index < -0.39 is 0 Å². The van der Waals surface area contributed by atoms with Crippen LogP contribution in [0.3, 0.4) is 0 Å². The van der Waals surface area contributed by atoms with Gasteiger partial charge < -0.3 is 20.4 Å². The maximum absolute atomic E-state index is 12.9. The Bertz CT molecular complexity index is 1090. The largest absolute Gasteiger partial charge is 0.352 e. The van der Waals surface area contributed by atoms with Crippen LogP contribution in [-0.2, 0) is 0 Å². The molecular weight excluding hydrogens is 665 g/mol. The van der Waals surface area contributed by atoms with E-state index in [1.54, 1.807) is 0 Å². The fourth-order valence-electron chi connectivity index (χ4n) is 7.27. The number of amides is 2. The third-order valence-electron chi connectivity index (χ3n) is 10.8. The van der Waals surface area contributed by atoms with Crippen LogP contribution in [0.4, 0.5) is 0 Å². The van der Waals surface area contributed by atoms with Gasteiger partial charge in [0.25, 0.3) is 11.8 Å². The second kappa shape index (κ2) is 32.5. The van der Waals surface area contributed by atoms with Gasteiger partial charge in [-0.3, -0.25) is 9.59 Å². The number of rotatable bonds is 35. The lowest BCUT2D eigenvalue weighted by Gasteiger charge is -2.22. The summed E-state index contributed by atoms with van der Waals surface area (Å²) in [5.41, 5.74) is 3.45. The third-order valence-corrected chi connectivity index (χ3v) is 10.8. The molecule has 0 aromatic heterocycles. The first-order chi connectivity index (χ1) is 26.5. The summed E-state index contributed by atoms with van der Waals surface area (Å²) in [6.45, 7) is 17.3. The molecule has 0 atom stereocenters. The van der Waals surface area contributed by atoms with Gasteiger partial charge in [-0.05, 0) is 113 Å². The van der Waals surface area contributed by atoms with Crippen LogP contribution in [0.2, 0.25) is 0 Å². The Morgan fingerprint density at radius 3 is 0.944 bits per heavy atom. The van der Waals surface area contributed by atoms with E-state index in [2.05, 4.69) is 48.1 Å². The molecule has 0 spiro atoms. The molecule has 6 nitrogen and oxygen atoms in total. The lowest BCUT2D eigenvalue weighted by Crippen LogP contribution is -2.31. The molecule has 2 amide bonds. The molecule has 0 heterocycles. The highest BCUT2D eigenvalue weighted by atomic mass is 16.2. The van der Waals surface area contributed by atoms with Crippen molar-refractivity contribution >= 4 is 11.8 Å². The lowest BCUT2D eigenvalue weighted by molar-refractivity contribution is 0.0943. The molecule has 2 N–H and O–H groups in total. The molecule has 0 aliphatic heterocycles. The third kappa shape index (κ3) is 22.6. The molecule has 0 unspecified atom stereocenters.